The Morgan fingerprint density at radius 1 is 1.14 bits per heavy atom. The number of pyridine rings is 1. The van der Waals surface area contributed by atoms with E-state index in [-0.39, 0.29) is 5.41 Å². The van der Waals surface area contributed by atoms with E-state index in [1.165, 1.54) is 5.56 Å². The van der Waals surface area contributed by atoms with Gasteiger partial charge in [-0.2, -0.15) is 0 Å². The monoisotopic (exact) mass is 281 g/mol. The van der Waals surface area contributed by atoms with Crippen molar-refractivity contribution in [3.63, 3.8) is 0 Å². The third-order valence-electron chi connectivity index (χ3n) is 3.53. The van der Waals surface area contributed by atoms with Crippen LogP contribution in [0.4, 0.5) is 0 Å². The third-order valence-corrected chi connectivity index (χ3v) is 3.53. The van der Waals surface area contributed by atoms with Gasteiger partial charge in [-0.05, 0) is 35.2 Å². The largest absolute Gasteiger partial charge is 0.436 e. The summed E-state index contributed by atoms with van der Waals surface area (Å²) < 4.78 is 5.84. The number of hydrogen-bond acceptors (Lipinski definition) is 4. The van der Waals surface area contributed by atoms with E-state index in [4.69, 9.17) is 10.2 Å². The van der Waals surface area contributed by atoms with Gasteiger partial charge in [-0.15, -0.1) is 0 Å². The SMILES string of the molecule is CC(C)(C)c1ccc2oc(-c3ccnc(CN)c3)nc2c1. The molecule has 108 valence electrons. The molecule has 0 saturated carbocycles. The molecule has 0 unspecified atom stereocenters. The van der Waals surface area contributed by atoms with Crippen molar-refractivity contribution in [2.45, 2.75) is 32.7 Å². The normalized spacial score (nSPS) is 12.0. The van der Waals surface area contributed by atoms with Crippen LogP contribution in [0.15, 0.2) is 40.9 Å². The number of rotatable bonds is 2. The van der Waals surface area contributed by atoms with E-state index in [2.05, 4.69) is 42.9 Å². The molecule has 3 aromatic rings. The van der Waals surface area contributed by atoms with Crippen LogP contribution in [0, 0.1) is 0 Å². The first-order valence-corrected chi connectivity index (χ1v) is 7.04. The fourth-order valence-corrected chi connectivity index (χ4v) is 2.24. The van der Waals surface area contributed by atoms with Crippen molar-refractivity contribution < 1.29 is 4.42 Å². The molecule has 0 bridgehead atoms. The Kier molecular flexibility index (Phi) is 3.26. The molecule has 2 heterocycles. The van der Waals surface area contributed by atoms with E-state index in [9.17, 15) is 0 Å². The molecule has 4 heteroatoms. The molecule has 0 saturated heterocycles. The summed E-state index contributed by atoms with van der Waals surface area (Å²) in [7, 11) is 0. The fraction of sp³-hybridized carbons (Fsp3) is 0.294. The van der Waals surface area contributed by atoms with Crippen LogP contribution < -0.4 is 5.73 Å². The summed E-state index contributed by atoms with van der Waals surface area (Å²) in [5, 5.41) is 0. The average molecular weight is 281 g/mol. The van der Waals surface area contributed by atoms with Gasteiger partial charge in [0.05, 0.1) is 5.69 Å². The highest BCUT2D eigenvalue weighted by atomic mass is 16.3. The number of nitrogens with two attached hydrogens (primary N) is 1. The molecule has 0 radical (unpaired) electrons. The Labute approximate surface area is 124 Å². The van der Waals surface area contributed by atoms with Gasteiger partial charge in [0.25, 0.3) is 0 Å². The quantitative estimate of drug-likeness (QED) is 0.778. The van der Waals surface area contributed by atoms with Crippen LogP contribution >= 0.6 is 0 Å². The van der Waals surface area contributed by atoms with Crippen LogP contribution in [0.3, 0.4) is 0 Å². The van der Waals surface area contributed by atoms with Gasteiger partial charge in [-0.25, -0.2) is 4.98 Å². The Bertz CT molecular complexity index is 784. The highest BCUT2D eigenvalue weighted by Crippen LogP contribution is 2.29. The summed E-state index contributed by atoms with van der Waals surface area (Å²) in [6, 6.07) is 9.96. The Hall–Kier alpha value is -2.20. The lowest BCUT2D eigenvalue weighted by Gasteiger charge is -2.18. The molecule has 0 spiro atoms. The summed E-state index contributed by atoms with van der Waals surface area (Å²) in [6.45, 7) is 6.96. The zero-order valence-electron chi connectivity index (χ0n) is 12.6. The van der Waals surface area contributed by atoms with Crippen molar-refractivity contribution in [2.24, 2.45) is 5.73 Å². The highest BCUT2D eigenvalue weighted by Gasteiger charge is 2.16. The summed E-state index contributed by atoms with van der Waals surface area (Å²) >= 11 is 0. The first-order valence-electron chi connectivity index (χ1n) is 7.04. The molecule has 0 aliphatic carbocycles. The third kappa shape index (κ3) is 2.67. The van der Waals surface area contributed by atoms with Crippen molar-refractivity contribution >= 4 is 11.1 Å². The standard InChI is InChI=1S/C17H19N3O/c1-17(2,3)12-4-5-15-14(9-12)20-16(21-15)11-6-7-19-13(8-11)10-18/h4-9H,10,18H2,1-3H3. The second-order valence-electron chi connectivity index (χ2n) is 6.19. The smallest absolute Gasteiger partial charge is 0.227 e. The lowest BCUT2D eigenvalue weighted by Crippen LogP contribution is -2.10. The first-order chi connectivity index (χ1) is 9.97. The molecule has 0 amide bonds. The van der Waals surface area contributed by atoms with E-state index < -0.39 is 0 Å². The van der Waals surface area contributed by atoms with Gasteiger partial charge in [0.15, 0.2) is 5.58 Å². The van der Waals surface area contributed by atoms with Crippen LogP contribution in [-0.2, 0) is 12.0 Å². The van der Waals surface area contributed by atoms with Gasteiger partial charge in [0, 0.05) is 18.3 Å². The van der Waals surface area contributed by atoms with Crippen molar-refractivity contribution in [1.82, 2.24) is 9.97 Å². The lowest BCUT2D eigenvalue weighted by molar-refractivity contribution is 0.590. The van der Waals surface area contributed by atoms with Crippen molar-refractivity contribution in [1.29, 1.82) is 0 Å². The molecule has 4 nitrogen and oxygen atoms in total. The molecule has 0 aliphatic rings. The van der Waals surface area contributed by atoms with Crippen LogP contribution in [0.1, 0.15) is 32.0 Å². The van der Waals surface area contributed by atoms with Crippen LogP contribution in [-0.4, -0.2) is 9.97 Å². The van der Waals surface area contributed by atoms with Gasteiger partial charge >= 0.3 is 0 Å². The minimum absolute atomic E-state index is 0.0939. The maximum Gasteiger partial charge on any atom is 0.227 e. The number of hydrogen-bond donors (Lipinski definition) is 1. The molecule has 1 aromatic carbocycles. The Balaban J connectivity index is 2.08. The summed E-state index contributed by atoms with van der Waals surface area (Å²) in [5.74, 6) is 0.605. The summed E-state index contributed by atoms with van der Waals surface area (Å²) in [4.78, 5) is 8.79. The predicted octanol–water partition coefficient (Wildman–Crippen LogP) is 3.65. The number of benzene rings is 1. The van der Waals surface area contributed by atoms with E-state index >= 15 is 0 Å². The van der Waals surface area contributed by atoms with Gasteiger partial charge < -0.3 is 10.2 Å². The zero-order valence-corrected chi connectivity index (χ0v) is 12.6. The van der Waals surface area contributed by atoms with Crippen molar-refractivity contribution in [2.75, 3.05) is 0 Å². The van der Waals surface area contributed by atoms with E-state index in [1.54, 1.807) is 6.20 Å². The predicted molar refractivity (Wildman–Crippen MR) is 83.8 cm³/mol. The first kappa shape index (κ1) is 13.8. The maximum atomic E-state index is 5.84. The Morgan fingerprint density at radius 2 is 1.95 bits per heavy atom. The highest BCUT2D eigenvalue weighted by molar-refractivity contribution is 5.77. The molecule has 0 aliphatic heterocycles. The maximum absolute atomic E-state index is 5.84. The lowest BCUT2D eigenvalue weighted by atomic mass is 9.87. The second kappa shape index (κ2) is 4.97. The van der Waals surface area contributed by atoms with E-state index in [0.29, 0.717) is 12.4 Å². The van der Waals surface area contributed by atoms with Gasteiger partial charge in [0.1, 0.15) is 5.52 Å². The number of aromatic nitrogens is 2. The molecule has 2 aromatic heterocycles. The minimum Gasteiger partial charge on any atom is -0.436 e. The molecule has 3 rings (SSSR count). The van der Waals surface area contributed by atoms with Crippen molar-refractivity contribution in [3.8, 4) is 11.5 Å². The number of fused-ring (bicyclic) bond motifs is 1. The van der Waals surface area contributed by atoms with Crippen molar-refractivity contribution in [3.05, 3.63) is 47.8 Å². The van der Waals surface area contributed by atoms with Crippen LogP contribution in [0.5, 0.6) is 0 Å². The second-order valence-corrected chi connectivity index (χ2v) is 6.19. The Morgan fingerprint density at radius 3 is 2.67 bits per heavy atom. The molecule has 0 atom stereocenters. The van der Waals surface area contributed by atoms with Gasteiger partial charge in [-0.1, -0.05) is 26.8 Å². The number of oxazole rings is 1. The molecule has 21 heavy (non-hydrogen) atoms. The van der Waals surface area contributed by atoms with Gasteiger partial charge in [-0.3, -0.25) is 4.98 Å². The van der Waals surface area contributed by atoms with E-state index in [1.807, 2.05) is 18.2 Å². The fourth-order valence-electron chi connectivity index (χ4n) is 2.24. The molecule has 0 fully saturated rings. The number of nitrogens with zero attached hydrogens (tertiary/aromatic N) is 2. The minimum atomic E-state index is 0.0939. The zero-order chi connectivity index (χ0) is 15.0. The molecule has 2 N–H and O–H groups in total. The van der Waals surface area contributed by atoms with Crippen LogP contribution in [0.25, 0.3) is 22.6 Å². The molecular formula is C17H19N3O. The topological polar surface area (TPSA) is 64.9 Å². The summed E-state index contributed by atoms with van der Waals surface area (Å²) in [6.07, 6.45) is 1.73. The molecular weight excluding hydrogens is 262 g/mol. The summed E-state index contributed by atoms with van der Waals surface area (Å²) in [5.41, 5.74) is 10.4. The van der Waals surface area contributed by atoms with Crippen LogP contribution in [0.2, 0.25) is 0 Å². The average Bonchev–Trinajstić information content (AvgIpc) is 2.89. The van der Waals surface area contributed by atoms with Gasteiger partial charge in [0.2, 0.25) is 5.89 Å². The van der Waals surface area contributed by atoms with E-state index in [0.717, 1.165) is 22.4 Å².